The molecule has 3 fully saturated rings. The second-order valence-electron chi connectivity index (χ2n) is 8.16. The largest absolute Gasteiger partial charge is 0.371 e. The van der Waals surface area contributed by atoms with Crippen LogP contribution < -0.4 is 0 Å². The van der Waals surface area contributed by atoms with E-state index in [-0.39, 0.29) is 6.10 Å². The first-order valence-electron chi connectivity index (χ1n) is 8.54. The Morgan fingerprint density at radius 3 is 2.50 bits per heavy atom. The Balaban J connectivity index is 1.76. The fraction of sp³-hybridized carbons (Fsp3) is 0.944. The predicted octanol–water partition coefficient (Wildman–Crippen LogP) is 4.22. The standard InChI is InChI=1S/C18H30O2/c1-5-20-16-10-12(6-7-15(16)19)14-11-13-8-9-18(14,4)17(13,2)3/h12-14,16H,5-11H2,1-4H3/t12?,13-,14+,16?,18+/m1/s1. The van der Waals surface area contributed by atoms with Gasteiger partial charge in [-0.3, -0.25) is 4.79 Å². The van der Waals surface area contributed by atoms with E-state index in [4.69, 9.17) is 4.74 Å². The monoisotopic (exact) mass is 278 g/mol. The lowest BCUT2D eigenvalue weighted by Gasteiger charge is -2.44. The summed E-state index contributed by atoms with van der Waals surface area (Å²) in [5.74, 6) is 2.77. The van der Waals surface area contributed by atoms with Crippen LogP contribution in [0, 0.1) is 28.6 Å². The van der Waals surface area contributed by atoms with Crippen molar-refractivity contribution >= 4 is 5.78 Å². The van der Waals surface area contributed by atoms with Gasteiger partial charge in [0.05, 0.1) is 0 Å². The maximum atomic E-state index is 12.0. The number of rotatable bonds is 3. The molecule has 114 valence electrons. The maximum absolute atomic E-state index is 12.0. The van der Waals surface area contributed by atoms with Gasteiger partial charge in [-0.15, -0.1) is 0 Å². The number of ether oxygens (including phenoxy) is 1. The minimum absolute atomic E-state index is 0.107. The predicted molar refractivity (Wildman–Crippen MR) is 80.5 cm³/mol. The fourth-order valence-corrected chi connectivity index (χ4v) is 5.72. The zero-order valence-corrected chi connectivity index (χ0v) is 13.6. The summed E-state index contributed by atoms with van der Waals surface area (Å²) in [6.07, 6.45) is 6.92. The molecule has 0 aliphatic heterocycles. The van der Waals surface area contributed by atoms with Gasteiger partial charge in [-0.25, -0.2) is 0 Å². The topological polar surface area (TPSA) is 26.3 Å². The van der Waals surface area contributed by atoms with Gasteiger partial charge in [0, 0.05) is 13.0 Å². The molecule has 3 rings (SSSR count). The Labute approximate surface area is 123 Å². The molecule has 0 amide bonds. The van der Waals surface area contributed by atoms with Gasteiger partial charge in [-0.2, -0.15) is 0 Å². The summed E-state index contributed by atoms with van der Waals surface area (Å²) in [6.45, 7) is 10.2. The second-order valence-corrected chi connectivity index (χ2v) is 8.16. The molecule has 0 N–H and O–H groups in total. The van der Waals surface area contributed by atoms with Crippen molar-refractivity contribution < 1.29 is 9.53 Å². The van der Waals surface area contributed by atoms with Crippen LogP contribution in [0.2, 0.25) is 0 Å². The Morgan fingerprint density at radius 2 is 1.95 bits per heavy atom. The number of carbonyl (C=O) groups is 1. The summed E-state index contributed by atoms with van der Waals surface area (Å²) in [7, 11) is 0. The van der Waals surface area contributed by atoms with E-state index in [1.165, 1.54) is 19.3 Å². The van der Waals surface area contributed by atoms with Crippen LogP contribution in [0.1, 0.15) is 66.2 Å². The second kappa shape index (κ2) is 4.83. The molecule has 3 aliphatic carbocycles. The lowest BCUT2D eigenvalue weighted by atomic mass is 9.61. The molecule has 2 bridgehead atoms. The molecule has 0 aromatic rings. The number of Topliss-reactive ketones (excluding diaryl/α,β-unsaturated/α-hetero) is 1. The quantitative estimate of drug-likeness (QED) is 0.772. The smallest absolute Gasteiger partial charge is 0.161 e. The molecule has 5 atom stereocenters. The first-order chi connectivity index (χ1) is 9.40. The van der Waals surface area contributed by atoms with Crippen molar-refractivity contribution in [3.63, 3.8) is 0 Å². The SMILES string of the molecule is CCOC1CC([C@@H]2C[C@H]3CC[C@]2(C)C3(C)C)CCC1=O. The Bertz CT molecular complexity index is 400. The summed E-state index contributed by atoms with van der Waals surface area (Å²) in [4.78, 5) is 12.0. The Hall–Kier alpha value is -0.370. The zero-order valence-electron chi connectivity index (χ0n) is 13.6. The lowest BCUT2D eigenvalue weighted by molar-refractivity contribution is -0.136. The molecule has 2 nitrogen and oxygen atoms in total. The van der Waals surface area contributed by atoms with E-state index in [0.29, 0.717) is 29.1 Å². The van der Waals surface area contributed by atoms with Gasteiger partial charge in [-0.05, 0) is 67.6 Å². The summed E-state index contributed by atoms with van der Waals surface area (Å²) in [5.41, 5.74) is 0.972. The summed E-state index contributed by atoms with van der Waals surface area (Å²) >= 11 is 0. The molecule has 2 heteroatoms. The normalized spacial score (nSPS) is 46.9. The van der Waals surface area contributed by atoms with Gasteiger partial charge in [-0.1, -0.05) is 20.8 Å². The van der Waals surface area contributed by atoms with Gasteiger partial charge < -0.3 is 4.74 Å². The third-order valence-corrected chi connectivity index (χ3v) is 7.44. The van der Waals surface area contributed by atoms with E-state index in [1.54, 1.807) is 0 Å². The van der Waals surface area contributed by atoms with Crippen molar-refractivity contribution in [2.45, 2.75) is 72.3 Å². The molecule has 0 aromatic carbocycles. The first kappa shape index (κ1) is 14.6. The van der Waals surface area contributed by atoms with Crippen LogP contribution in [0.25, 0.3) is 0 Å². The number of fused-ring (bicyclic) bond motifs is 2. The Morgan fingerprint density at radius 1 is 1.20 bits per heavy atom. The summed E-state index contributed by atoms with van der Waals surface area (Å²) < 4.78 is 5.70. The molecule has 0 heterocycles. The molecule has 0 radical (unpaired) electrons. The molecule has 0 saturated heterocycles. The number of carbonyl (C=O) groups excluding carboxylic acids is 1. The zero-order chi connectivity index (χ0) is 14.5. The molecule has 20 heavy (non-hydrogen) atoms. The minimum atomic E-state index is -0.107. The van der Waals surface area contributed by atoms with Crippen LogP contribution in [0.5, 0.6) is 0 Å². The average Bonchev–Trinajstić information content (AvgIpc) is 2.74. The molecule has 3 saturated carbocycles. The number of hydrogen-bond acceptors (Lipinski definition) is 2. The van der Waals surface area contributed by atoms with E-state index in [9.17, 15) is 4.79 Å². The summed E-state index contributed by atoms with van der Waals surface area (Å²) in [5, 5.41) is 0. The van der Waals surface area contributed by atoms with E-state index >= 15 is 0 Å². The minimum Gasteiger partial charge on any atom is -0.371 e. The maximum Gasteiger partial charge on any atom is 0.161 e. The van der Waals surface area contributed by atoms with Gasteiger partial charge in [0.15, 0.2) is 5.78 Å². The van der Waals surface area contributed by atoms with E-state index in [0.717, 1.165) is 31.1 Å². The highest BCUT2D eigenvalue weighted by molar-refractivity contribution is 5.83. The first-order valence-corrected chi connectivity index (χ1v) is 8.54. The van der Waals surface area contributed by atoms with Crippen LogP contribution in [0.3, 0.4) is 0 Å². The molecule has 3 aliphatic rings. The van der Waals surface area contributed by atoms with Crippen LogP contribution in [0.15, 0.2) is 0 Å². The molecule has 0 spiro atoms. The summed E-state index contributed by atoms with van der Waals surface area (Å²) in [6, 6.07) is 0. The van der Waals surface area contributed by atoms with Gasteiger partial charge in [0.2, 0.25) is 0 Å². The Kier molecular flexibility index (Phi) is 3.52. The lowest BCUT2D eigenvalue weighted by Crippen LogP contribution is -2.41. The van der Waals surface area contributed by atoms with Crippen LogP contribution >= 0.6 is 0 Å². The third-order valence-electron chi connectivity index (χ3n) is 7.44. The third kappa shape index (κ3) is 1.90. The molecular weight excluding hydrogens is 248 g/mol. The average molecular weight is 278 g/mol. The van der Waals surface area contributed by atoms with Crippen LogP contribution in [0.4, 0.5) is 0 Å². The van der Waals surface area contributed by atoms with E-state index in [1.807, 2.05) is 6.92 Å². The van der Waals surface area contributed by atoms with Gasteiger partial charge in [0.1, 0.15) is 6.10 Å². The number of ketones is 1. The van der Waals surface area contributed by atoms with Crippen molar-refractivity contribution in [3.05, 3.63) is 0 Å². The highest BCUT2D eigenvalue weighted by atomic mass is 16.5. The molecular formula is C18H30O2. The molecule has 0 aromatic heterocycles. The number of hydrogen-bond donors (Lipinski definition) is 0. The van der Waals surface area contributed by atoms with Crippen molar-refractivity contribution in [1.82, 2.24) is 0 Å². The fourth-order valence-electron chi connectivity index (χ4n) is 5.72. The van der Waals surface area contributed by atoms with Crippen molar-refractivity contribution in [3.8, 4) is 0 Å². The highest BCUT2D eigenvalue weighted by Gasteiger charge is 2.62. The molecule has 2 unspecified atom stereocenters. The van der Waals surface area contributed by atoms with E-state index < -0.39 is 0 Å². The van der Waals surface area contributed by atoms with Crippen molar-refractivity contribution in [2.24, 2.45) is 28.6 Å². The van der Waals surface area contributed by atoms with Crippen LogP contribution in [-0.4, -0.2) is 18.5 Å². The van der Waals surface area contributed by atoms with Crippen molar-refractivity contribution in [2.75, 3.05) is 6.61 Å². The van der Waals surface area contributed by atoms with Crippen LogP contribution in [-0.2, 0) is 9.53 Å². The van der Waals surface area contributed by atoms with Crippen molar-refractivity contribution in [1.29, 1.82) is 0 Å². The van der Waals surface area contributed by atoms with Gasteiger partial charge in [0.25, 0.3) is 0 Å². The highest BCUT2D eigenvalue weighted by Crippen LogP contribution is 2.70. The van der Waals surface area contributed by atoms with Gasteiger partial charge >= 0.3 is 0 Å². The van der Waals surface area contributed by atoms with E-state index in [2.05, 4.69) is 20.8 Å².